The van der Waals surface area contributed by atoms with Gasteiger partial charge in [-0.25, -0.2) is 0 Å². The second-order valence-electron chi connectivity index (χ2n) is 0.559. The molecule has 0 atom stereocenters. The summed E-state index contributed by atoms with van der Waals surface area (Å²) >= 11 is 1.85. The molecule has 0 aromatic rings. The maximum Gasteiger partial charge on any atom is 0.197 e. The molecule has 0 spiro atoms. The summed E-state index contributed by atoms with van der Waals surface area (Å²) in [6, 6.07) is 0. The Bertz CT molecular complexity index is 46.8. The second kappa shape index (κ2) is 5.16. The monoisotopic (exact) mass is 200 g/mol. The average Bonchev–Trinajstić information content (AvgIpc) is 1.61. The van der Waals surface area contributed by atoms with Crippen molar-refractivity contribution in [1.29, 1.82) is 0 Å². The molecule has 36 valence electrons. The highest BCUT2D eigenvalue weighted by Crippen LogP contribution is 1.64. The summed E-state index contributed by atoms with van der Waals surface area (Å²) < 4.78 is 2.39. The molecule has 0 saturated carbocycles. The van der Waals surface area contributed by atoms with E-state index in [9.17, 15) is 0 Å². The maximum atomic E-state index is 4.43. The molecule has 0 fully saturated rings. The van der Waals surface area contributed by atoms with Crippen LogP contribution >= 0.6 is 22.9 Å². The minimum Gasteiger partial charge on any atom is -0.387 e. The number of aliphatic imine (C=N–C) groups is 1. The number of halogens is 1. The van der Waals surface area contributed by atoms with Crippen LogP contribution in [0.15, 0.2) is 4.99 Å². The fraction of sp³-hybridized carbons (Fsp3) is 0.500. The molecule has 0 aliphatic carbocycles. The van der Waals surface area contributed by atoms with Gasteiger partial charge in [0.25, 0.3) is 0 Å². The first-order valence-corrected chi connectivity index (χ1v) is 2.41. The fourth-order valence-corrected chi connectivity index (χ4v) is 0.186. The van der Waals surface area contributed by atoms with E-state index in [2.05, 4.69) is 13.5 Å². The minimum atomic E-state index is 1.31. The van der Waals surface area contributed by atoms with E-state index in [-0.39, 0.29) is 0 Å². The van der Waals surface area contributed by atoms with E-state index in [1.807, 2.05) is 22.9 Å². The lowest BCUT2D eigenvalue weighted by Gasteiger charge is -1.84. The van der Waals surface area contributed by atoms with Crippen molar-refractivity contribution in [3.8, 4) is 0 Å². The number of hydrogen-bond donors (Lipinski definition) is 1. The third-order valence-corrected chi connectivity index (χ3v) is 0.457. The SMILES string of the molecule is CN=CONI. The van der Waals surface area contributed by atoms with Gasteiger partial charge in [-0.15, -0.1) is 0 Å². The van der Waals surface area contributed by atoms with Crippen LogP contribution in [0.25, 0.3) is 0 Å². The topological polar surface area (TPSA) is 33.6 Å². The van der Waals surface area contributed by atoms with Crippen LogP contribution in [-0.4, -0.2) is 13.4 Å². The van der Waals surface area contributed by atoms with Gasteiger partial charge in [0, 0.05) is 7.05 Å². The largest absolute Gasteiger partial charge is 0.387 e. The van der Waals surface area contributed by atoms with Crippen molar-refractivity contribution in [2.75, 3.05) is 7.05 Å². The van der Waals surface area contributed by atoms with Crippen molar-refractivity contribution in [2.45, 2.75) is 0 Å². The summed E-state index contributed by atoms with van der Waals surface area (Å²) in [6.45, 7) is 0. The number of nitrogens with zero attached hydrogens (tertiary/aromatic N) is 1. The molecule has 0 heterocycles. The molecule has 4 heteroatoms. The van der Waals surface area contributed by atoms with Crippen molar-refractivity contribution in [2.24, 2.45) is 4.99 Å². The predicted molar refractivity (Wildman–Crippen MR) is 32.7 cm³/mol. The zero-order valence-electron chi connectivity index (χ0n) is 3.31. The van der Waals surface area contributed by atoms with Crippen molar-refractivity contribution in [1.82, 2.24) is 3.69 Å². The highest BCUT2D eigenvalue weighted by Gasteiger charge is 1.60. The lowest BCUT2D eigenvalue weighted by molar-refractivity contribution is 0.303. The Morgan fingerprint density at radius 2 is 2.67 bits per heavy atom. The van der Waals surface area contributed by atoms with E-state index < -0.39 is 0 Å². The molecule has 0 aromatic heterocycles. The quantitative estimate of drug-likeness (QED) is 0.231. The molecule has 0 saturated heterocycles. The van der Waals surface area contributed by atoms with Gasteiger partial charge in [0.05, 0.1) is 22.9 Å². The Morgan fingerprint density at radius 1 is 2.00 bits per heavy atom. The van der Waals surface area contributed by atoms with Crippen LogP contribution in [-0.2, 0) is 4.84 Å². The average molecular weight is 200 g/mol. The first kappa shape index (κ1) is 6.16. The highest BCUT2D eigenvalue weighted by atomic mass is 127. The van der Waals surface area contributed by atoms with Gasteiger partial charge in [-0.1, -0.05) is 3.69 Å². The van der Waals surface area contributed by atoms with Crippen molar-refractivity contribution < 1.29 is 4.84 Å². The summed E-state index contributed by atoms with van der Waals surface area (Å²) in [6.07, 6.45) is 1.31. The van der Waals surface area contributed by atoms with E-state index in [0.717, 1.165) is 0 Å². The van der Waals surface area contributed by atoms with Gasteiger partial charge in [0.2, 0.25) is 0 Å². The lowest BCUT2D eigenvalue weighted by atomic mass is 11.3. The third-order valence-electron chi connectivity index (χ3n) is 0.203. The van der Waals surface area contributed by atoms with E-state index in [1.165, 1.54) is 6.40 Å². The molecule has 0 aliphatic rings. The van der Waals surface area contributed by atoms with Crippen molar-refractivity contribution in [3.63, 3.8) is 0 Å². The Hall–Kier alpha value is 0.160. The molecule has 0 unspecified atom stereocenters. The van der Waals surface area contributed by atoms with Crippen molar-refractivity contribution >= 4 is 29.3 Å². The molecule has 0 aliphatic heterocycles. The molecular weight excluding hydrogens is 195 g/mol. The molecule has 6 heavy (non-hydrogen) atoms. The summed E-state index contributed by atoms with van der Waals surface area (Å²) in [5.41, 5.74) is 0. The van der Waals surface area contributed by atoms with Gasteiger partial charge in [0.15, 0.2) is 6.40 Å². The third kappa shape index (κ3) is 4.16. The zero-order chi connectivity index (χ0) is 4.83. The Morgan fingerprint density at radius 3 is 2.83 bits per heavy atom. The van der Waals surface area contributed by atoms with Crippen LogP contribution in [0.5, 0.6) is 0 Å². The van der Waals surface area contributed by atoms with E-state index in [0.29, 0.717) is 0 Å². The highest BCUT2D eigenvalue weighted by molar-refractivity contribution is 14.1. The summed E-state index contributed by atoms with van der Waals surface area (Å²) in [7, 11) is 1.63. The van der Waals surface area contributed by atoms with Gasteiger partial charge < -0.3 is 4.84 Å². The van der Waals surface area contributed by atoms with Gasteiger partial charge in [-0.05, 0) is 0 Å². The lowest BCUT2D eigenvalue weighted by Crippen LogP contribution is -1.94. The molecule has 0 bridgehead atoms. The molecule has 0 rings (SSSR count). The van der Waals surface area contributed by atoms with Crippen LogP contribution in [0.4, 0.5) is 0 Å². The number of nitrogens with one attached hydrogen (secondary N) is 1. The summed E-state index contributed by atoms with van der Waals surface area (Å²) in [5, 5.41) is 0. The van der Waals surface area contributed by atoms with Crippen LogP contribution in [0.3, 0.4) is 0 Å². The minimum absolute atomic E-state index is 1.31. The first-order chi connectivity index (χ1) is 2.91. The summed E-state index contributed by atoms with van der Waals surface area (Å²) in [4.78, 5) is 7.94. The van der Waals surface area contributed by atoms with Gasteiger partial charge in [-0.2, -0.15) is 0 Å². The van der Waals surface area contributed by atoms with Gasteiger partial charge in [-0.3, -0.25) is 4.99 Å². The smallest absolute Gasteiger partial charge is 0.197 e. The second-order valence-corrected chi connectivity index (χ2v) is 0.999. The van der Waals surface area contributed by atoms with E-state index in [4.69, 9.17) is 0 Å². The molecule has 1 N–H and O–H groups in total. The number of hydrogen-bond acceptors (Lipinski definition) is 3. The maximum absolute atomic E-state index is 4.43. The molecule has 3 nitrogen and oxygen atoms in total. The Balaban J connectivity index is 2.66. The van der Waals surface area contributed by atoms with Crippen LogP contribution in [0.2, 0.25) is 0 Å². The molecule has 0 aromatic carbocycles. The van der Waals surface area contributed by atoms with Gasteiger partial charge in [0.1, 0.15) is 0 Å². The van der Waals surface area contributed by atoms with Crippen molar-refractivity contribution in [3.05, 3.63) is 0 Å². The van der Waals surface area contributed by atoms with E-state index in [1.54, 1.807) is 7.05 Å². The zero-order valence-corrected chi connectivity index (χ0v) is 5.47. The van der Waals surface area contributed by atoms with Gasteiger partial charge >= 0.3 is 0 Å². The van der Waals surface area contributed by atoms with E-state index >= 15 is 0 Å². The number of rotatable bonds is 2. The Labute approximate surface area is 50.2 Å². The van der Waals surface area contributed by atoms with Crippen LogP contribution < -0.4 is 3.69 Å². The standard InChI is InChI=1S/C2H5IN2O/c1-4-2-6-5-3/h2,5H,1H3. The molecule has 0 radical (unpaired) electrons. The summed E-state index contributed by atoms with van der Waals surface area (Å²) in [5.74, 6) is 0. The normalized spacial score (nSPS) is 9.67. The molecule has 0 amide bonds. The first-order valence-electron chi connectivity index (χ1n) is 1.33. The fourth-order valence-electron chi connectivity index (χ4n) is 0.0726. The predicted octanol–water partition coefficient (Wildman–Crippen LogP) is 0.516. The molecular formula is C2H5IN2O. The van der Waals surface area contributed by atoms with Crippen LogP contribution in [0, 0.1) is 0 Å². The Kier molecular flexibility index (Phi) is 5.30. The van der Waals surface area contributed by atoms with Crippen LogP contribution in [0.1, 0.15) is 0 Å².